The van der Waals surface area contributed by atoms with Gasteiger partial charge in [-0.1, -0.05) is 11.6 Å². The van der Waals surface area contributed by atoms with Gasteiger partial charge in [0.1, 0.15) is 5.52 Å². The van der Waals surface area contributed by atoms with Crippen molar-refractivity contribution in [1.29, 1.82) is 0 Å². The molecule has 0 atom stereocenters. The SMILES string of the molecule is COc1nnc(Cl)c2ccc(C)nc12. The highest BCUT2D eigenvalue weighted by Crippen LogP contribution is 2.25. The molecule has 0 aliphatic rings. The lowest BCUT2D eigenvalue weighted by Crippen LogP contribution is -1.95. The molecule has 0 unspecified atom stereocenters. The Morgan fingerprint density at radius 3 is 2.79 bits per heavy atom. The number of aryl methyl sites for hydroxylation is 1. The average molecular weight is 210 g/mol. The number of ether oxygens (including phenoxy) is 1. The summed E-state index contributed by atoms with van der Waals surface area (Å²) in [6.07, 6.45) is 0. The fourth-order valence-electron chi connectivity index (χ4n) is 1.21. The van der Waals surface area contributed by atoms with Crippen molar-refractivity contribution in [3.05, 3.63) is 23.0 Å². The van der Waals surface area contributed by atoms with Crippen LogP contribution in [0.2, 0.25) is 5.15 Å². The molecule has 5 heteroatoms. The number of pyridine rings is 1. The molecule has 4 nitrogen and oxygen atoms in total. The van der Waals surface area contributed by atoms with Crippen molar-refractivity contribution in [2.75, 3.05) is 7.11 Å². The fourth-order valence-corrected chi connectivity index (χ4v) is 1.40. The number of nitrogens with zero attached hydrogens (tertiary/aromatic N) is 3. The van der Waals surface area contributed by atoms with Crippen LogP contribution in [0, 0.1) is 6.92 Å². The molecule has 2 heterocycles. The van der Waals surface area contributed by atoms with Crippen molar-refractivity contribution in [2.45, 2.75) is 6.92 Å². The smallest absolute Gasteiger partial charge is 0.260 e. The van der Waals surface area contributed by atoms with Gasteiger partial charge in [-0.15, -0.1) is 10.2 Å². The van der Waals surface area contributed by atoms with Gasteiger partial charge in [0.2, 0.25) is 0 Å². The van der Waals surface area contributed by atoms with E-state index in [0.717, 1.165) is 11.1 Å². The van der Waals surface area contributed by atoms with Gasteiger partial charge in [-0.2, -0.15) is 0 Å². The summed E-state index contributed by atoms with van der Waals surface area (Å²) in [6, 6.07) is 3.73. The molecular weight excluding hydrogens is 202 g/mol. The average Bonchev–Trinajstić information content (AvgIpc) is 2.18. The van der Waals surface area contributed by atoms with Crippen molar-refractivity contribution in [3.8, 4) is 5.88 Å². The summed E-state index contributed by atoms with van der Waals surface area (Å²) >= 11 is 5.87. The molecule has 2 rings (SSSR count). The van der Waals surface area contributed by atoms with Gasteiger partial charge in [-0.25, -0.2) is 4.98 Å². The van der Waals surface area contributed by atoms with Crippen LogP contribution in [0.1, 0.15) is 5.69 Å². The predicted molar refractivity (Wildman–Crippen MR) is 53.6 cm³/mol. The monoisotopic (exact) mass is 209 g/mol. The first-order valence-electron chi connectivity index (χ1n) is 4.06. The van der Waals surface area contributed by atoms with Crippen molar-refractivity contribution in [1.82, 2.24) is 15.2 Å². The third-order valence-corrected chi connectivity index (χ3v) is 2.16. The molecule has 0 aliphatic heterocycles. The highest BCUT2D eigenvalue weighted by molar-refractivity contribution is 6.34. The topological polar surface area (TPSA) is 47.9 Å². The third-order valence-electron chi connectivity index (χ3n) is 1.88. The quantitative estimate of drug-likeness (QED) is 0.721. The van der Waals surface area contributed by atoms with Crippen LogP contribution in [-0.2, 0) is 0 Å². The molecule has 14 heavy (non-hydrogen) atoms. The summed E-state index contributed by atoms with van der Waals surface area (Å²) in [6.45, 7) is 1.90. The molecule has 2 aromatic heterocycles. The first-order chi connectivity index (χ1) is 6.72. The Balaban J connectivity index is 2.85. The molecule has 0 aliphatic carbocycles. The highest BCUT2D eigenvalue weighted by Gasteiger charge is 2.09. The zero-order valence-corrected chi connectivity index (χ0v) is 8.54. The number of aromatic nitrogens is 3. The number of rotatable bonds is 1. The molecule has 0 saturated carbocycles. The molecule has 72 valence electrons. The molecular formula is C9H8ClN3O. The Bertz CT molecular complexity index is 487. The number of methoxy groups -OCH3 is 1. The van der Waals surface area contributed by atoms with Crippen LogP contribution in [-0.4, -0.2) is 22.3 Å². The maximum absolute atomic E-state index is 5.87. The molecule has 0 bridgehead atoms. The lowest BCUT2D eigenvalue weighted by molar-refractivity contribution is 0.396. The van der Waals surface area contributed by atoms with Crippen LogP contribution in [0.5, 0.6) is 5.88 Å². The second-order valence-electron chi connectivity index (χ2n) is 2.85. The normalized spacial score (nSPS) is 10.5. The Kier molecular flexibility index (Phi) is 2.21. The van der Waals surface area contributed by atoms with E-state index in [1.165, 1.54) is 7.11 Å². The molecule has 0 saturated heterocycles. The fraction of sp³-hybridized carbons (Fsp3) is 0.222. The van der Waals surface area contributed by atoms with E-state index in [2.05, 4.69) is 15.2 Å². The zero-order chi connectivity index (χ0) is 10.1. The predicted octanol–water partition coefficient (Wildman–Crippen LogP) is 2.00. The number of halogens is 1. The van der Waals surface area contributed by atoms with Crippen molar-refractivity contribution >= 4 is 22.5 Å². The lowest BCUT2D eigenvalue weighted by Gasteiger charge is -2.03. The summed E-state index contributed by atoms with van der Waals surface area (Å²) in [5.41, 5.74) is 1.53. The number of hydrogen-bond donors (Lipinski definition) is 0. The van der Waals surface area contributed by atoms with Crippen molar-refractivity contribution < 1.29 is 4.74 Å². The van der Waals surface area contributed by atoms with Crippen molar-refractivity contribution in [3.63, 3.8) is 0 Å². The summed E-state index contributed by atoms with van der Waals surface area (Å²) in [5.74, 6) is 0.396. The second kappa shape index (κ2) is 3.38. The van der Waals surface area contributed by atoms with Gasteiger partial charge in [-0.05, 0) is 19.1 Å². The van der Waals surface area contributed by atoms with Crippen molar-refractivity contribution in [2.24, 2.45) is 0 Å². The van der Waals surface area contributed by atoms with Gasteiger partial charge in [-0.3, -0.25) is 0 Å². The minimum Gasteiger partial charge on any atom is -0.478 e. The molecule has 0 N–H and O–H groups in total. The van der Waals surface area contributed by atoms with Gasteiger partial charge in [0.15, 0.2) is 5.15 Å². The minimum atomic E-state index is 0.341. The number of hydrogen-bond acceptors (Lipinski definition) is 4. The summed E-state index contributed by atoms with van der Waals surface area (Å²) < 4.78 is 5.04. The molecule has 2 aromatic rings. The largest absolute Gasteiger partial charge is 0.478 e. The lowest BCUT2D eigenvalue weighted by atomic mass is 10.2. The van der Waals surface area contributed by atoms with Gasteiger partial charge in [0.05, 0.1) is 7.11 Å². The first kappa shape index (κ1) is 9.15. The van der Waals surface area contributed by atoms with Gasteiger partial charge >= 0.3 is 0 Å². The van der Waals surface area contributed by atoms with Gasteiger partial charge in [0.25, 0.3) is 5.88 Å². The van der Waals surface area contributed by atoms with E-state index >= 15 is 0 Å². The molecule has 0 spiro atoms. The van der Waals surface area contributed by atoms with E-state index in [4.69, 9.17) is 16.3 Å². The van der Waals surface area contributed by atoms with Gasteiger partial charge < -0.3 is 4.74 Å². The third kappa shape index (κ3) is 1.37. The van der Waals surface area contributed by atoms with Crippen LogP contribution in [0.25, 0.3) is 10.9 Å². The summed E-state index contributed by atoms with van der Waals surface area (Å²) in [5, 5.41) is 8.65. The molecule has 0 radical (unpaired) electrons. The van der Waals surface area contributed by atoms with Crippen LogP contribution in [0.4, 0.5) is 0 Å². The molecule has 0 fully saturated rings. The van der Waals surface area contributed by atoms with E-state index in [9.17, 15) is 0 Å². The van der Waals surface area contributed by atoms with Crippen LogP contribution >= 0.6 is 11.6 Å². The maximum Gasteiger partial charge on any atom is 0.260 e. The molecule has 0 amide bonds. The summed E-state index contributed by atoms with van der Waals surface area (Å²) in [7, 11) is 1.53. The summed E-state index contributed by atoms with van der Waals surface area (Å²) in [4.78, 5) is 4.30. The van der Waals surface area contributed by atoms with E-state index in [0.29, 0.717) is 16.5 Å². The van der Waals surface area contributed by atoms with Crippen LogP contribution in [0.3, 0.4) is 0 Å². The van der Waals surface area contributed by atoms with Gasteiger partial charge in [0, 0.05) is 11.1 Å². The Morgan fingerprint density at radius 2 is 2.07 bits per heavy atom. The minimum absolute atomic E-state index is 0.341. The van der Waals surface area contributed by atoms with E-state index in [1.807, 2.05) is 19.1 Å². The van der Waals surface area contributed by atoms with E-state index in [1.54, 1.807) is 0 Å². The van der Waals surface area contributed by atoms with E-state index in [-0.39, 0.29) is 0 Å². The maximum atomic E-state index is 5.87. The van der Waals surface area contributed by atoms with Crippen LogP contribution in [0.15, 0.2) is 12.1 Å². The first-order valence-corrected chi connectivity index (χ1v) is 4.43. The Labute approximate surface area is 85.9 Å². The Morgan fingerprint density at radius 1 is 1.29 bits per heavy atom. The second-order valence-corrected chi connectivity index (χ2v) is 3.21. The molecule has 0 aromatic carbocycles. The Hall–Kier alpha value is -1.42. The standard InChI is InChI=1S/C9H8ClN3O/c1-5-3-4-6-7(11-5)9(14-2)13-12-8(6)10/h3-4H,1-2H3. The van der Waals surface area contributed by atoms with E-state index < -0.39 is 0 Å². The van der Waals surface area contributed by atoms with Crippen LogP contribution < -0.4 is 4.74 Å². The zero-order valence-electron chi connectivity index (χ0n) is 7.78. The highest BCUT2D eigenvalue weighted by atomic mass is 35.5. The number of fused-ring (bicyclic) bond motifs is 1.